The first-order valence-electron chi connectivity index (χ1n) is 6.93. The van der Waals surface area contributed by atoms with Gasteiger partial charge in [-0.2, -0.15) is 0 Å². The van der Waals surface area contributed by atoms with Crippen molar-refractivity contribution in [3.05, 3.63) is 34.3 Å². The van der Waals surface area contributed by atoms with Crippen molar-refractivity contribution >= 4 is 45.8 Å². The molecule has 1 amide bonds. The van der Waals surface area contributed by atoms with E-state index < -0.39 is 11.5 Å². The summed E-state index contributed by atoms with van der Waals surface area (Å²) in [5.74, 6) is 0.0663. The second-order valence-electron chi connectivity index (χ2n) is 5.48. The monoisotopic (exact) mass is 339 g/mol. The fourth-order valence-corrected chi connectivity index (χ4v) is 3.09. The van der Waals surface area contributed by atoms with E-state index in [4.69, 9.17) is 28.9 Å². The van der Waals surface area contributed by atoms with E-state index >= 15 is 0 Å². The Hall–Kier alpha value is -1.56. The van der Waals surface area contributed by atoms with Crippen molar-refractivity contribution in [1.82, 2.24) is 4.98 Å². The van der Waals surface area contributed by atoms with Gasteiger partial charge in [-0.3, -0.25) is 4.79 Å². The molecule has 1 aliphatic heterocycles. The van der Waals surface area contributed by atoms with E-state index in [1.54, 1.807) is 12.1 Å². The van der Waals surface area contributed by atoms with Crippen LogP contribution in [0.1, 0.15) is 12.8 Å². The molecule has 2 aromatic rings. The SMILES string of the molecule is NC(=O)C1(O)CCN(c2ccc3c(Cl)ccc(Cl)c3n2)CC1. The number of carbonyl (C=O) groups is 1. The lowest BCUT2D eigenvalue weighted by Crippen LogP contribution is -2.52. The zero-order valence-electron chi connectivity index (χ0n) is 11.7. The van der Waals surface area contributed by atoms with E-state index in [1.165, 1.54) is 0 Å². The van der Waals surface area contributed by atoms with Gasteiger partial charge in [-0.25, -0.2) is 4.98 Å². The maximum Gasteiger partial charge on any atom is 0.249 e. The van der Waals surface area contributed by atoms with Crippen LogP contribution in [0.5, 0.6) is 0 Å². The molecule has 116 valence electrons. The number of nitrogens with two attached hydrogens (primary N) is 1. The molecule has 1 aromatic carbocycles. The van der Waals surface area contributed by atoms with Crippen LogP contribution < -0.4 is 10.6 Å². The van der Waals surface area contributed by atoms with Gasteiger partial charge in [0.05, 0.1) is 15.6 Å². The van der Waals surface area contributed by atoms with Gasteiger partial charge in [-0.1, -0.05) is 23.2 Å². The van der Waals surface area contributed by atoms with Crippen LogP contribution in [0.4, 0.5) is 5.82 Å². The van der Waals surface area contributed by atoms with Crippen LogP contribution >= 0.6 is 23.2 Å². The predicted octanol–water partition coefficient (Wildman–Crippen LogP) is 2.36. The Bertz CT molecular complexity index is 743. The summed E-state index contributed by atoms with van der Waals surface area (Å²) in [5.41, 5.74) is 4.46. The van der Waals surface area contributed by atoms with Crippen molar-refractivity contribution in [2.75, 3.05) is 18.0 Å². The summed E-state index contributed by atoms with van der Waals surface area (Å²) in [6, 6.07) is 7.19. The predicted molar refractivity (Wildman–Crippen MR) is 87.4 cm³/mol. The summed E-state index contributed by atoms with van der Waals surface area (Å²) in [4.78, 5) is 17.8. The third kappa shape index (κ3) is 2.60. The normalized spacial score (nSPS) is 17.7. The van der Waals surface area contributed by atoms with Crippen molar-refractivity contribution in [2.24, 2.45) is 5.73 Å². The highest BCUT2D eigenvalue weighted by molar-refractivity contribution is 6.39. The van der Waals surface area contributed by atoms with Crippen molar-refractivity contribution < 1.29 is 9.90 Å². The summed E-state index contributed by atoms with van der Waals surface area (Å²) in [6.07, 6.45) is 0.566. The first-order chi connectivity index (χ1) is 10.4. The van der Waals surface area contributed by atoms with Gasteiger partial charge in [-0.05, 0) is 24.3 Å². The van der Waals surface area contributed by atoms with Gasteiger partial charge in [0.1, 0.15) is 11.4 Å². The zero-order valence-corrected chi connectivity index (χ0v) is 13.2. The molecule has 1 aliphatic rings. The molecule has 1 fully saturated rings. The summed E-state index contributed by atoms with van der Waals surface area (Å²) in [7, 11) is 0. The van der Waals surface area contributed by atoms with Gasteiger partial charge in [0.15, 0.2) is 0 Å². The molecule has 7 heteroatoms. The lowest BCUT2D eigenvalue weighted by Gasteiger charge is -2.36. The number of carbonyl (C=O) groups excluding carboxylic acids is 1. The molecule has 0 bridgehead atoms. The number of hydrogen-bond donors (Lipinski definition) is 2. The second-order valence-corrected chi connectivity index (χ2v) is 6.29. The Morgan fingerprint density at radius 3 is 2.45 bits per heavy atom. The van der Waals surface area contributed by atoms with Crippen LogP contribution in [0.3, 0.4) is 0 Å². The van der Waals surface area contributed by atoms with Gasteiger partial charge < -0.3 is 15.7 Å². The maximum absolute atomic E-state index is 11.3. The highest BCUT2D eigenvalue weighted by atomic mass is 35.5. The fourth-order valence-electron chi connectivity index (χ4n) is 2.67. The Morgan fingerprint density at radius 1 is 1.18 bits per heavy atom. The third-order valence-corrected chi connectivity index (χ3v) is 4.75. The molecule has 2 heterocycles. The van der Waals surface area contributed by atoms with Crippen molar-refractivity contribution in [3.8, 4) is 0 Å². The zero-order chi connectivity index (χ0) is 15.9. The summed E-state index contributed by atoms with van der Waals surface area (Å²) in [5, 5.41) is 12.0. The van der Waals surface area contributed by atoms with Gasteiger partial charge in [0, 0.05) is 31.3 Å². The Labute approximate surface area is 137 Å². The largest absolute Gasteiger partial charge is 0.380 e. The molecule has 3 rings (SSSR count). The van der Waals surface area contributed by atoms with Gasteiger partial charge in [-0.15, -0.1) is 0 Å². The number of benzene rings is 1. The topological polar surface area (TPSA) is 79.5 Å². The molecule has 0 atom stereocenters. The Balaban J connectivity index is 1.89. The number of nitrogens with zero attached hydrogens (tertiary/aromatic N) is 2. The third-order valence-electron chi connectivity index (χ3n) is 4.11. The average molecular weight is 340 g/mol. The molecular formula is C15H15Cl2N3O2. The van der Waals surface area contributed by atoms with Gasteiger partial charge in [0.2, 0.25) is 5.91 Å². The standard InChI is InChI=1S/C15H15Cl2N3O2/c16-10-2-3-11(17)13-9(10)1-4-12(19-13)20-7-5-15(22,6-8-20)14(18)21/h1-4,22H,5-8H2,(H2,18,21). The van der Waals surface area contributed by atoms with Gasteiger partial charge >= 0.3 is 0 Å². The van der Waals surface area contributed by atoms with E-state index in [0.717, 1.165) is 11.2 Å². The van der Waals surface area contributed by atoms with Crippen molar-refractivity contribution in [1.29, 1.82) is 0 Å². The molecule has 0 aliphatic carbocycles. The molecule has 0 saturated carbocycles. The van der Waals surface area contributed by atoms with Crippen LogP contribution in [0.25, 0.3) is 10.9 Å². The van der Waals surface area contributed by atoms with E-state index in [9.17, 15) is 9.90 Å². The highest BCUT2D eigenvalue weighted by Crippen LogP contribution is 2.31. The molecular weight excluding hydrogens is 325 g/mol. The molecule has 0 unspecified atom stereocenters. The minimum Gasteiger partial charge on any atom is -0.380 e. The summed E-state index contributed by atoms with van der Waals surface area (Å²) >= 11 is 12.3. The first kappa shape index (κ1) is 15.3. The molecule has 3 N–H and O–H groups in total. The number of pyridine rings is 1. The number of primary amides is 1. The number of aromatic nitrogens is 1. The molecule has 1 aromatic heterocycles. The molecule has 22 heavy (non-hydrogen) atoms. The molecule has 1 saturated heterocycles. The molecule has 0 spiro atoms. The number of rotatable bonds is 2. The lowest BCUT2D eigenvalue weighted by atomic mass is 9.91. The molecule has 5 nitrogen and oxygen atoms in total. The van der Waals surface area contributed by atoms with Crippen molar-refractivity contribution in [2.45, 2.75) is 18.4 Å². The van der Waals surface area contributed by atoms with Crippen LogP contribution in [-0.4, -0.2) is 34.7 Å². The van der Waals surface area contributed by atoms with Crippen LogP contribution in [0.2, 0.25) is 10.0 Å². The maximum atomic E-state index is 11.3. The number of amides is 1. The molecule has 0 radical (unpaired) electrons. The van der Waals surface area contributed by atoms with Crippen LogP contribution in [0.15, 0.2) is 24.3 Å². The van der Waals surface area contributed by atoms with E-state index in [1.807, 2.05) is 17.0 Å². The number of fused-ring (bicyclic) bond motifs is 1. The first-order valence-corrected chi connectivity index (χ1v) is 7.68. The van der Waals surface area contributed by atoms with E-state index in [0.29, 0.717) is 28.7 Å². The van der Waals surface area contributed by atoms with Crippen molar-refractivity contribution in [3.63, 3.8) is 0 Å². The quantitative estimate of drug-likeness (QED) is 0.880. The van der Waals surface area contributed by atoms with E-state index in [2.05, 4.69) is 4.98 Å². The van der Waals surface area contributed by atoms with E-state index in [-0.39, 0.29) is 12.8 Å². The fraction of sp³-hybridized carbons (Fsp3) is 0.333. The number of aliphatic hydroxyl groups is 1. The Morgan fingerprint density at radius 2 is 1.82 bits per heavy atom. The lowest BCUT2D eigenvalue weighted by molar-refractivity contribution is -0.138. The number of halogens is 2. The minimum atomic E-state index is -1.42. The van der Waals surface area contributed by atoms with Gasteiger partial charge in [0.25, 0.3) is 0 Å². The Kier molecular flexibility index (Phi) is 3.89. The summed E-state index contributed by atoms with van der Waals surface area (Å²) in [6.45, 7) is 0.992. The minimum absolute atomic E-state index is 0.283. The average Bonchev–Trinajstić information content (AvgIpc) is 2.51. The second kappa shape index (κ2) is 5.57. The smallest absolute Gasteiger partial charge is 0.249 e. The summed E-state index contributed by atoms with van der Waals surface area (Å²) < 4.78 is 0. The van der Waals surface area contributed by atoms with Crippen LogP contribution in [0, 0.1) is 0 Å². The van der Waals surface area contributed by atoms with Crippen LogP contribution in [-0.2, 0) is 4.79 Å². The number of hydrogen-bond acceptors (Lipinski definition) is 4. The number of anilines is 1. The highest BCUT2D eigenvalue weighted by Gasteiger charge is 2.37. The number of piperidine rings is 1.